The SMILES string of the molecule is Cc1ccccc1[C@@H](O)[C@H]1C=CC=CC1. The maximum atomic E-state index is 10.2. The Hall–Kier alpha value is -1.34. The number of benzene rings is 1. The second-order valence-corrected chi connectivity index (χ2v) is 4.01. The molecule has 0 saturated heterocycles. The molecule has 1 aromatic carbocycles. The number of allylic oxidation sites excluding steroid dienone is 3. The summed E-state index contributed by atoms with van der Waals surface area (Å²) in [5.41, 5.74) is 2.20. The third-order valence-corrected chi connectivity index (χ3v) is 2.93. The summed E-state index contributed by atoms with van der Waals surface area (Å²) < 4.78 is 0. The highest BCUT2D eigenvalue weighted by Crippen LogP contribution is 2.29. The summed E-state index contributed by atoms with van der Waals surface area (Å²) in [6.07, 6.45) is 8.76. The van der Waals surface area contributed by atoms with Gasteiger partial charge in [0.1, 0.15) is 0 Å². The van der Waals surface area contributed by atoms with Gasteiger partial charge in [-0.05, 0) is 24.5 Å². The second kappa shape index (κ2) is 4.45. The van der Waals surface area contributed by atoms with Crippen molar-refractivity contribution in [2.45, 2.75) is 19.4 Å². The molecule has 0 aromatic heterocycles. The molecular weight excluding hydrogens is 184 g/mol. The van der Waals surface area contributed by atoms with Gasteiger partial charge >= 0.3 is 0 Å². The van der Waals surface area contributed by atoms with Gasteiger partial charge in [-0.2, -0.15) is 0 Å². The predicted molar refractivity (Wildman–Crippen MR) is 62.5 cm³/mol. The highest BCUT2D eigenvalue weighted by Gasteiger charge is 2.19. The van der Waals surface area contributed by atoms with Crippen LogP contribution in [0.3, 0.4) is 0 Å². The van der Waals surface area contributed by atoms with Gasteiger partial charge in [-0.15, -0.1) is 0 Å². The van der Waals surface area contributed by atoms with E-state index in [1.165, 1.54) is 0 Å². The van der Waals surface area contributed by atoms with Gasteiger partial charge in [0.15, 0.2) is 0 Å². The zero-order valence-electron chi connectivity index (χ0n) is 8.93. The van der Waals surface area contributed by atoms with Crippen LogP contribution in [0.25, 0.3) is 0 Å². The van der Waals surface area contributed by atoms with Crippen molar-refractivity contribution in [3.05, 3.63) is 59.7 Å². The summed E-state index contributed by atoms with van der Waals surface area (Å²) in [6, 6.07) is 8.03. The summed E-state index contributed by atoms with van der Waals surface area (Å²) in [4.78, 5) is 0. The first kappa shape index (κ1) is 10.2. The Morgan fingerprint density at radius 3 is 2.73 bits per heavy atom. The van der Waals surface area contributed by atoms with E-state index in [-0.39, 0.29) is 12.0 Å². The minimum atomic E-state index is -0.382. The minimum absolute atomic E-state index is 0.219. The van der Waals surface area contributed by atoms with Gasteiger partial charge < -0.3 is 5.11 Å². The molecule has 1 nitrogen and oxygen atoms in total. The van der Waals surface area contributed by atoms with Crippen LogP contribution < -0.4 is 0 Å². The topological polar surface area (TPSA) is 20.2 Å². The Kier molecular flexibility index (Phi) is 3.02. The molecule has 0 spiro atoms. The van der Waals surface area contributed by atoms with E-state index < -0.39 is 0 Å². The van der Waals surface area contributed by atoms with Crippen molar-refractivity contribution in [1.82, 2.24) is 0 Å². The van der Waals surface area contributed by atoms with Crippen LogP contribution in [0.2, 0.25) is 0 Å². The lowest BCUT2D eigenvalue weighted by molar-refractivity contribution is 0.131. The van der Waals surface area contributed by atoms with Gasteiger partial charge in [-0.25, -0.2) is 0 Å². The Balaban J connectivity index is 2.21. The van der Waals surface area contributed by atoms with E-state index in [4.69, 9.17) is 0 Å². The molecule has 15 heavy (non-hydrogen) atoms. The highest BCUT2D eigenvalue weighted by molar-refractivity contribution is 5.29. The maximum absolute atomic E-state index is 10.2. The highest BCUT2D eigenvalue weighted by atomic mass is 16.3. The first-order chi connectivity index (χ1) is 7.29. The van der Waals surface area contributed by atoms with E-state index >= 15 is 0 Å². The molecule has 1 N–H and O–H groups in total. The molecule has 1 heteroatoms. The van der Waals surface area contributed by atoms with Crippen molar-refractivity contribution < 1.29 is 5.11 Å². The molecular formula is C14H16O. The van der Waals surface area contributed by atoms with E-state index in [1.54, 1.807) is 0 Å². The normalized spacial score (nSPS) is 21.6. The van der Waals surface area contributed by atoms with Gasteiger partial charge in [0.05, 0.1) is 6.10 Å². The smallest absolute Gasteiger partial charge is 0.0858 e. The molecule has 1 aliphatic carbocycles. The Morgan fingerprint density at radius 2 is 2.07 bits per heavy atom. The van der Waals surface area contributed by atoms with Crippen LogP contribution in [0.5, 0.6) is 0 Å². The summed E-state index contributed by atoms with van der Waals surface area (Å²) >= 11 is 0. The molecule has 0 radical (unpaired) electrons. The summed E-state index contributed by atoms with van der Waals surface area (Å²) in [5.74, 6) is 0.219. The second-order valence-electron chi connectivity index (χ2n) is 4.01. The fourth-order valence-corrected chi connectivity index (χ4v) is 1.98. The third-order valence-electron chi connectivity index (χ3n) is 2.93. The number of aliphatic hydroxyl groups excluding tert-OH is 1. The van der Waals surface area contributed by atoms with Gasteiger partial charge in [-0.3, -0.25) is 0 Å². The van der Waals surface area contributed by atoms with Gasteiger partial charge in [0.25, 0.3) is 0 Å². The third kappa shape index (κ3) is 2.18. The lowest BCUT2D eigenvalue weighted by Crippen LogP contribution is -2.12. The summed E-state index contributed by atoms with van der Waals surface area (Å²) in [5, 5.41) is 10.2. The van der Waals surface area contributed by atoms with Crippen LogP contribution in [0.1, 0.15) is 23.7 Å². The molecule has 2 rings (SSSR count). The van der Waals surface area contributed by atoms with Gasteiger partial charge in [0.2, 0.25) is 0 Å². The van der Waals surface area contributed by atoms with Crippen LogP contribution in [-0.4, -0.2) is 5.11 Å². The number of hydrogen-bond donors (Lipinski definition) is 1. The fourth-order valence-electron chi connectivity index (χ4n) is 1.98. The van der Waals surface area contributed by atoms with Crippen molar-refractivity contribution in [3.8, 4) is 0 Å². The first-order valence-electron chi connectivity index (χ1n) is 5.36. The molecule has 0 aliphatic heterocycles. The molecule has 0 unspecified atom stereocenters. The van der Waals surface area contributed by atoms with E-state index in [0.717, 1.165) is 17.5 Å². The summed E-state index contributed by atoms with van der Waals surface area (Å²) in [6.45, 7) is 2.04. The monoisotopic (exact) mass is 200 g/mol. The Morgan fingerprint density at radius 1 is 1.27 bits per heavy atom. The quantitative estimate of drug-likeness (QED) is 0.777. The van der Waals surface area contributed by atoms with E-state index in [1.807, 2.05) is 43.3 Å². The predicted octanol–water partition coefficient (Wildman–Crippen LogP) is 3.16. The molecule has 0 saturated carbocycles. The standard InChI is InChI=1S/C14H16O/c1-11-7-5-6-10-13(11)14(15)12-8-3-2-4-9-12/h2-8,10,12,14-15H,9H2,1H3/t12-,14-/m0/s1. The maximum Gasteiger partial charge on any atom is 0.0858 e. The van der Waals surface area contributed by atoms with Crippen molar-refractivity contribution in [1.29, 1.82) is 0 Å². The van der Waals surface area contributed by atoms with E-state index in [2.05, 4.69) is 12.2 Å². The molecule has 0 amide bonds. The average Bonchev–Trinajstić information content (AvgIpc) is 2.30. The molecule has 1 aromatic rings. The Bertz CT molecular complexity index is 390. The van der Waals surface area contributed by atoms with Crippen molar-refractivity contribution in [2.24, 2.45) is 5.92 Å². The largest absolute Gasteiger partial charge is 0.388 e. The molecule has 0 heterocycles. The molecule has 0 bridgehead atoms. The molecule has 1 aliphatic rings. The van der Waals surface area contributed by atoms with Crippen molar-refractivity contribution in [2.75, 3.05) is 0 Å². The number of aryl methyl sites for hydroxylation is 1. The van der Waals surface area contributed by atoms with E-state index in [9.17, 15) is 5.11 Å². The van der Waals surface area contributed by atoms with Crippen LogP contribution in [0, 0.1) is 12.8 Å². The van der Waals surface area contributed by atoms with Gasteiger partial charge in [0, 0.05) is 5.92 Å². The first-order valence-corrected chi connectivity index (χ1v) is 5.36. The van der Waals surface area contributed by atoms with Crippen LogP contribution >= 0.6 is 0 Å². The van der Waals surface area contributed by atoms with Crippen molar-refractivity contribution in [3.63, 3.8) is 0 Å². The zero-order chi connectivity index (χ0) is 10.7. The Labute approximate surface area is 90.8 Å². The molecule has 0 fully saturated rings. The lowest BCUT2D eigenvalue weighted by Gasteiger charge is -2.21. The van der Waals surface area contributed by atoms with Gasteiger partial charge in [-0.1, -0.05) is 48.6 Å². The zero-order valence-corrected chi connectivity index (χ0v) is 8.93. The van der Waals surface area contributed by atoms with Crippen molar-refractivity contribution >= 4 is 0 Å². The van der Waals surface area contributed by atoms with Crippen LogP contribution in [0.15, 0.2) is 48.6 Å². The number of hydrogen-bond acceptors (Lipinski definition) is 1. The molecule has 78 valence electrons. The summed E-state index contributed by atoms with van der Waals surface area (Å²) in [7, 11) is 0. The van der Waals surface area contributed by atoms with Crippen LogP contribution in [0.4, 0.5) is 0 Å². The van der Waals surface area contributed by atoms with E-state index in [0.29, 0.717) is 0 Å². The molecule has 2 atom stereocenters. The average molecular weight is 200 g/mol. The van der Waals surface area contributed by atoms with Crippen LogP contribution in [-0.2, 0) is 0 Å². The number of rotatable bonds is 2. The minimum Gasteiger partial charge on any atom is -0.388 e. The lowest BCUT2D eigenvalue weighted by atomic mass is 9.88. The fraction of sp³-hybridized carbons (Fsp3) is 0.286. The number of aliphatic hydroxyl groups is 1.